The molecule has 0 atom stereocenters. The highest BCUT2D eigenvalue weighted by molar-refractivity contribution is 5.60. The van der Waals surface area contributed by atoms with Gasteiger partial charge in [0.2, 0.25) is 5.95 Å². The number of nitrogens with one attached hydrogen (secondary N) is 1. The van der Waals surface area contributed by atoms with Crippen molar-refractivity contribution in [2.24, 2.45) is 0 Å². The molecule has 1 aliphatic heterocycles. The Kier molecular flexibility index (Phi) is 5.18. The minimum Gasteiger partial charge on any atom is -0.495 e. The normalized spacial score (nSPS) is 14.1. The molecule has 1 fully saturated rings. The Balaban J connectivity index is 1.43. The summed E-state index contributed by atoms with van der Waals surface area (Å²) in [7, 11) is 1.69. The topological polar surface area (TPSA) is 66.4 Å². The zero-order chi connectivity index (χ0) is 19.3. The van der Waals surface area contributed by atoms with Gasteiger partial charge >= 0.3 is 0 Å². The van der Waals surface area contributed by atoms with Gasteiger partial charge in [-0.1, -0.05) is 18.2 Å². The van der Waals surface area contributed by atoms with Gasteiger partial charge in [-0.3, -0.25) is 0 Å². The van der Waals surface area contributed by atoms with Gasteiger partial charge < -0.3 is 19.9 Å². The highest BCUT2D eigenvalue weighted by atomic mass is 19.1. The summed E-state index contributed by atoms with van der Waals surface area (Å²) in [5.74, 6) is 1.65. The fraction of sp³-hybridized carbons (Fsp3) is 0.250. The van der Waals surface area contributed by atoms with Crippen LogP contribution in [-0.2, 0) is 0 Å². The molecular formula is C20H21FN6O. The lowest BCUT2D eigenvalue weighted by Gasteiger charge is -2.36. The molecule has 1 aliphatic rings. The Bertz CT molecular complexity index is 945. The first-order chi connectivity index (χ1) is 13.7. The second-order valence-electron chi connectivity index (χ2n) is 6.42. The molecule has 0 saturated carbocycles. The van der Waals surface area contributed by atoms with Crippen molar-refractivity contribution < 1.29 is 9.13 Å². The molecule has 2 heterocycles. The van der Waals surface area contributed by atoms with Crippen LogP contribution < -0.4 is 19.9 Å². The summed E-state index contributed by atoms with van der Waals surface area (Å²) in [6.45, 7) is 3.18. The molecular weight excluding hydrogens is 359 g/mol. The van der Waals surface area contributed by atoms with Crippen molar-refractivity contribution in [1.82, 2.24) is 15.2 Å². The van der Waals surface area contributed by atoms with Crippen LogP contribution in [0.5, 0.6) is 5.75 Å². The summed E-state index contributed by atoms with van der Waals surface area (Å²) in [6.07, 6.45) is 1.53. The van der Waals surface area contributed by atoms with E-state index in [2.05, 4.69) is 36.4 Å². The van der Waals surface area contributed by atoms with E-state index in [-0.39, 0.29) is 5.82 Å². The highest BCUT2D eigenvalue weighted by Crippen LogP contribution is 2.28. The maximum atomic E-state index is 13.4. The first-order valence-electron chi connectivity index (χ1n) is 9.08. The third-order valence-corrected chi connectivity index (χ3v) is 4.63. The summed E-state index contributed by atoms with van der Waals surface area (Å²) in [4.78, 5) is 8.91. The standard InChI is InChI=1S/C20H21FN6O/c1-28-18-8-3-2-7-17(18)26-9-11-27(12-10-26)20-24-19(14-22-25-20)23-16-6-4-5-15(21)13-16/h2-8,13-14H,9-12H2,1H3,(H,23,24,25). The molecule has 1 N–H and O–H groups in total. The Morgan fingerprint density at radius 1 is 1.00 bits per heavy atom. The third kappa shape index (κ3) is 3.95. The summed E-state index contributed by atoms with van der Waals surface area (Å²) < 4.78 is 18.8. The van der Waals surface area contributed by atoms with Crippen LogP contribution >= 0.6 is 0 Å². The van der Waals surface area contributed by atoms with Crippen LogP contribution in [0, 0.1) is 5.82 Å². The Hall–Kier alpha value is -3.42. The van der Waals surface area contributed by atoms with E-state index < -0.39 is 0 Å². The number of methoxy groups -OCH3 is 1. The third-order valence-electron chi connectivity index (χ3n) is 4.63. The van der Waals surface area contributed by atoms with Gasteiger partial charge in [0.05, 0.1) is 19.0 Å². The fourth-order valence-electron chi connectivity index (χ4n) is 3.24. The molecule has 2 aromatic carbocycles. The summed E-state index contributed by atoms with van der Waals surface area (Å²) in [6, 6.07) is 14.2. The second-order valence-corrected chi connectivity index (χ2v) is 6.42. The van der Waals surface area contributed by atoms with E-state index >= 15 is 0 Å². The molecule has 0 spiro atoms. The van der Waals surface area contributed by atoms with Crippen LogP contribution in [0.4, 0.5) is 27.5 Å². The van der Waals surface area contributed by atoms with Gasteiger partial charge in [-0.15, -0.1) is 5.10 Å². The van der Waals surface area contributed by atoms with E-state index in [1.165, 1.54) is 18.3 Å². The van der Waals surface area contributed by atoms with Crippen molar-refractivity contribution in [3.8, 4) is 5.75 Å². The summed E-state index contributed by atoms with van der Waals surface area (Å²) in [5, 5.41) is 11.3. The number of ether oxygens (including phenoxy) is 1. The molecule has 0 aliphatic carbocycles. The number of benzene rings is 2. The Morgan fingerprint density at radius 2 is 1.79 bits per heavy atom. The number of hydrogen-bond acceptors (Lipinski definition) is 7. The highest BCUT2D eigenvalue weighted by Gasteiger charge is 2.21. The molecule has 0 amide bonds. The maximum Gasteiger partial charge on any atom is 0.247 e. The Labute approximate surface area is 162 Å². The van der Waals surface area contributed by atoms with Gasteiger partial charge in [-0.2, -0.15) is 10.1 Å². The van der Waals surface area contributed by atoms with Crippen molar-refractivity contribution in [2.75, 3.05) is 48.4 Å². The number of nitrogens with zero attached hydrogens (tertiary/aromatic N) is 5. The molecule has 1 saturated heterocycles. The molecule has 3 aromatic rings. The van der Waals surface area contributed by atoms with Crippen molar-refractivity contribution in [3.63, 3.8) is 0 Å². The number of anilines is 4. The molecule has 144 valence electrons. The maximum absolute atomic E-state index is 13.4. The summed E-state index contributed by atoms with van der Waals surface area (Å²) in [5.41, 5.74) is 1.71. The lowest BCUT2D eigenvalue weighted by Crippen LogP contribution is -2.47. The predicted molar refractivity (Wildman–Crippen MR) is 107 cm³/mol. The first-order valence-corrected chi connectivity index (χ1v) is 9.08. The monoisotopic (exact) mass is 380 g/mol. The number of halogens is 1. The van der Waals surface area contributed by atoms with Crippen molar-refractivity contribution in [3.05, 3.63) is 60.5 Å². The van der Waals surface area contributed by atoms with E-state index in [1.54, 1.807) is 19.2 Å². The molecule has 4 rings (SSSR count). The molecule has 8 heteroatoms. The minimum absolute atomic E-state index is 0.306. The van der Waals surface area contributed by atoms with Gasteiger partial charge in [-0.05, 0) is 30.3 Å². The average Bonchev–Trinajstić information content (AvgIpc) is 2.74. The average molecular weight is 380 g/mol. The molecule has 7 nitrogen and oxygen atoms in total. The van der Waals surface area contributed by atoms with Crippen molar-refractivity contribution in [1.29, 1.82) is 0 Å². The van der Waals surface area contributed by atoms with Gasteiger partial charge in [0.15, 0.2) is 5.82 Å². The number of rotatable bonds is 5. The van der Waals surface area contributed by atoms with E-state index in [1.807, 2.05) is 18.2 Å². The lowest BCUT2D eigenvalue weighted by molar-refractivity contribution is 0.413. The number of hydrogen-bond donors (Lipinski definition) is 1. The lowest BCUT2D eigenvalue weighted by atomic mass is 10.2. The summed E-state index contributed by atoms with van der Waals surface area (Å²) >= 11 is 0. The van der Waals surface area contributed by atoms with E-state index in [0.717, 1.165) is 37.6 Å². The molecule has 1 aromatic heterocycles. The molecule has 0 radical (unpaired) electrons. The molecule has 0 bridgehead atoms. The number of piperazine rings is 1. The van der Waals surface area contributed by atoms with Gasteiger partial charge in [-0.25, -0.2) is 4.39 Å². The minimum atomic E-state index is -0.306. The van der Waals surface area contributed by atoms with Gasteiger partial charge in [0.1, 0.15) is 11.6 Å². The smallest absolute Gasteiger partial charge is 0.247 e. The quantitative estimate of drug-likeness (QED) is 0.730. The van der Waals surface area contributed by atoms with E-state index in [0.29, 0.717) is 17.5 Å². The number of aromatic nitrogens is 3. The zero-order valence-electron chi connectivity index (χ0n) is 15.5. The van der Waals surface area contributed by atoms with Crippen LogP contribution in [0.3, 0.4) is 0 Å². The SMILES string of the molecule is COc1ccccc1N1CCN(c2nncc(Nc3cccc(F)c3)n2)CC1. The molecule has 0 unspecified atom stereocenters. The largest absolute Gasteiger partial charge is 0.495 e. The van der Waals surface area contributed by atoms with E-state index in [4.69, 9.17) is 4.74 Å². The number of para-hydroxylation sites is 2. The fourth-order valence-corrected chi connectivity index (χ4v) is 3.24. The zero-order valence-corrected chi connectivity index (χ0v) is 15.5. The predicted octanol–water partition coefficient (Wildman–Crippen LogP) is 3.09. The first kappa shape index (κ1) is 18.0. The van der Waals surface area contributed by atoms with E-state index in [9.17, 15) is 4.39 Å². The van der Waals surface area contributed by atoms with Crippen LogP contribution in [0.2, 0.25) is 0 Å². The van der Waals surface area contributed by atoms with Crippen LogP contribution in [0.25, 0.3) is 0 Å². The van der Waals surface area contributed by atoms with Crippen LogP contribution in [0.1, 0.15) is 0 Å². The second kappa shape index (κ2) is 8.08. The van der Waals surface area contributed by atoms with Crippen LogP contribution in [-0.4, -0.2) is 48.5 Å². The van der Waals surface area contributed by atoms with Crippen LogP contribution in [0.15, 0.2) is 54.7 Å². The molecule has 28 heavy (non-hydrogen) atoms. The van der Waals surface area contributed by atoms with Crippen molar-refractivity contribution in [2.45, 2.75) is 0 Å². The van der Waals surface area contributed by atoms with Crippen molar-refractivity contribution >= 4 is 23.1 Å². The van der Waals surface area contributed by atoms with Gasteiger partial charge in [0, 0.05) is 31.9 Å². The van der Waals surface area contributed by atoms with Gasteiger partial charge in [0.25, 0.3) is 0 Å². The Morgan fingerprint density at radius 3 is 2.57 bits per heavy atom.